The Hall–Kier alpha value is -3.14. The third-order valence-corrected chi connectivity index (χ3v) is 5.69. The molecule has 0 bridgehead atoms. The van der Waals surface area contributed by atoms with Gasteiger partial charge in [-0.3, -0.25) is 9.59 Å². The van der Waals surface area contributed by atoms with Gasteiger partial charge in [0, 0.05) is 23.1 Å². The lowest BCUT2D eigenvalue weighted by Crippen LogP contribution is -2.45. The van der Waals surface area contributed by atoms with Gasteiger partial charge in [0.1, 0.15) is 5.76 Å². The highest BCUT2D eigenvalue weighted by molar-refractivity contribution is 5.94. The molecule has 1 heterocycles. The first kappa shape index (κ1) is 18.2. The Bertz CT molecular complexity index is 982. The van der Waals surface area contributed by atoms with Crippen LogP contribution in [0.1, 0.15) is 52.7 Å². The lowest BCUT2D eigenvalue weighted by Gasteiger charge is -2.42. The molecule has 0 saturated heterocycles. The second-order valence-corrected chi connectivity index (χ2v) is 7.48. The summed E-state index contributed by atoms with van der Waals surface area (Å²) in [7, 11) is 0. The number of hydrogen-bond donors (Lipinski definition) is 1. The van der Waals surface area contributed by atoms with E-state index in [0.717, 1.165) is 18.4 Å². The molecular formula is C24H23NO3. The van der Waals surface area contributed by atoms with Crippen LogP contribution in [0.15, 0.2) is 71.1 Å². The topological polar surface area (TPSA) is 59.3 Å². The Morgan fingerprint density at radius 1 is 0.964 bits per heavy atom. The van der Waals surface area contributed by atoms with Gasteiger partial charge in [-0.2, -0.15) is 0 Å². The van der Waals surface area contributed by atoms with E-state index in [1.165, 1.54) is 18.9 Å². The number of hydrogen-bond acceptors (Lipinski definition) is 3. The van der Waals surface area contributed by atoms with Crippen LogP contribution in [-0.2, 0) is 5.41 Å². The molecule has 1 amide bonds. The van der Waals surface area contributed by atoms with Crippen LogP contribution >= 0.6 is 0 Å². The first-order valence-corrected chi connectivity index (χ1v) is 9.62. The second kappa shape index (κ2) is 7.47. The summed E-state index contributed by atoms with van der Waals surface area (Å²) >= 11 is 0. The molecule has 1 saturated carbocycles. The van der Waals surface area contributed by atoms with Crippen LogP contribution in [0.5, 0.6) is 0 Å². The van der Waals surface area contributed by atoms with E-state index >= 15 is 0 Å². The normalized spacial score (nSPS) is 14.9. The molecule has 1 aromatic heterocycles. The zero-order valence-electron chi connectivity index (χ0n) is 15.9. The summed E-state index contributed by atoms with van der Waals surface area (Å²) in [4.78, 5) is 24.0. The standard InChI is InChI=1S/C24H23NO3/c1-17(26)18-8-10-19(11-9-18)21-12-13-22(28-21)23(27)25-16-24(14-5-15-24)20-6-3-2-4-7-20/h2-4,6-13H,5,14-16H2,1H3,(H,25,27). The van der Waals surface area contributed by atoms with Crippen molar-refractivity contribution in [2.45, 2.75) is 31.6 Å². The molecule has 1 fully saturated rings. The number of furan rings is 1. The van der Waals surface area contributed by atoms with Crippen molar-refractivity contribution in [2.24, 2.45) is 0 Å². The van der Waals surface area contributed by atoms with E-state index in [2.05, 4.69) is 17.4 Å². The quantitative estimate of drug-likeness (QED) is 0.619. The number of benzene rings is 2. The number of carbonyl (C=O) groups is 2. The summed E-state index contributed by atoms with van der Waals surface area (Å²) in [6.45, 7) is 2.15. The van der Waals surface area contributed by atoms with Crippen LogP contribution in [0.4, 0.5) is 0 Å². The molecule has 28 heavy (non-hydrogen) atoms. The Labute approximate surface area is 164 Å². The van der Waals surface area contributed by atoms with Gasteiger partial charge < -0.3 is 9.73 Å². The van der Waals surface area contributed by atoms with Crippen LogP contribution in [0.3, 0.4) is 0 Å². The van der Waals surface area contributed by atoms with E-state index in [4.69, 9.17) is 4.42 Å². The first-order chi connectivity index (χ1) is 13.6. The number of rotatable bonds is 6. The predicted octanol–water partition coefficient (Wildman–Crippen LogP) is 5.00. The molecule has 0 unspecified atom stereocenters. The van der Waals surface area contributed by atoms with Crippen LogP contribution in [0, 0.1) is 0 Å². The first-order valence-electron chi connectivity index (χ1n) is 9.62. The zero-order chi connectivity index (χ0) is 19.6. The van der Waals surface area contributed by atoms with E-state index in [1.54, 1.807) is 24.3 Å². The van der Waals surface area contributed by atoms with Gasteiger partial charge in [-0.15, -0.1) is 0 Å². The van der Waals surface area contributed by atoms with Gasteiger partial charge >= 0.3 is 0 Å². The SMILES string of the molecule is CC(=O)c1ccc(-c2ccc(C(=O)NCC3(c4ccccc4)CCC3)o2)cc1. The Morgan fingerprint density at radius 3 is 2.29 bits per heavy atom. The lowest BCUT2D eigenvalue weighted by molar-refractivity contribution is 0.0900. The second-order valence-electron chi connectivity index (χ2n) is 7.48. The monoisotopic (exact) mass is 373 g/mol. The fraction of sp³-hybridized carbons (Fsp3) is 0.250. The molecule has 4 nitrogen and oxygen atoms in total. The van der Waals surface area contributed by atoms with Gasteiger partial charge in [-0.05, 0) is 37.5 Å². The average molecular weight is 373 g/mol. The predicted molar refractivity (Wildman–Crippen MR) is 108 cm³/mol. The fourth-order valence-corrected chi connectivity index (χ4v) is 3.78. The van der Waals surface area contributed by atoms with Gasteiger partial charge in [0.05, 0.1) is 0 Å². The van der Waals surface area contributed by atoms with Crippen LogP contribution < -0.4 is 5.32 Å². The molecule has 1 N–H and O–H groups in total. The van der Waals surface area contributed by atoms with E-state index in [-0.39, 0.29) is 17.1 Å². The average Bonchev–Trinajstić information content (AvgIpc) is 3.18. The van der Waals surface area contributed by atoms with Gasteiger partial charge in [-0.1, -0.05) is 61.0 Å². The molecule has 4 heteroatoms. The smallest absolute Gasteiger partial charge is 0.287 e. The molecule has 2 aromatic carbocycles. The zero-order valence-corrected chi connectivity index (χ0v) is 15.9. The fourth-order valence-electron chi connectivity index (χ4n) is 3.78. The highest BCUT2D eigenvalue weighted by Crippen LogP contribution is 2.43. The third-order valence-electron chi connectivity index (χ3n) is 5.69. The van der Waals surface area contributed by atoms with Gasteiger partial charge in [0.2, 0.25) is 0 Å². The van der Waals surface area contributed by atoms with E-state index in [1.807, 2.05) is 30.3 Å². The Morgan fingerprint density at radius 2 is 1.68 bits per heavy atom. The largest absolute Gasteiger partial charge is 0.451 e. The lowest BCUT2D eigenvalue weighted by atomic mass is 9.64. The van der Waals surface area contributed by atoms with Crippen molar-refractivity contribution in [3.05, 3.63) is 83.6 Å². The Balaban J connectivity index is 1.44. The van der Waals surface area contributed by atoms with E-state index < -0.39 is 0 Å². The van der Waals surface area contributed by atoms with E-state index in [0.29, 0.717) is 23.6 Å². The molecule has 0 aliphatic heterocycles. The van der Waals surface area contributed by atoms with Crippen molar-refractivity contribution >= 4 is 11.7 Å². The summed E-state index contributed by atoms with van der Waals surface area (Å²) in [6, 6.07) is 21.1. The minimum Gasteiger partial charge on any atom is -0.451 e. The molecule has 0 radical (unpaired) electrons. The molecule has 142 valence electrons. The third kappa shape index (κ3) is 3.50. The number of carbonyl (C=O) groups excluding carboxylic acids is 2. The Kier molecular flexibility index (Phi) is 4.86. The maximum atomic E-state index is 12.6. The minimum atomic E-state index is -0.200. The van der Waals surface area contributed by atoms with Crippen molar-refractivity contribution in [2.75, 3.05) is 6.54 Å². The maximum Gasteiger partial charge on any atom is 0.287 e. The van der Waals surface area contributed by atoms with Crippen molar-refractivity contribution in [1.82, 2.24) is 5.32 Å². The summed E-state index contributed by atoms with van der Waals surface area (Å²) in [5, 5.41) is 3.05. The van der Waals surface area contributed by atoms with Crippen molar-refractivity contribution in [3.8, 4) is 11.3 Å². The number of amides is 1. The minimum absolute atomic E-state index is 0.0226. The highest BCUT2D eigenvalue weighted by Gasteiger charge is 2.38. The van der Waals surface area contributed by atoms with Crippen molar-refractivity contribution in [3.63, 3.8) is 0 Å². The highest BCUT2D eigenvalue weighted by atomic mass is 16.3. The number of Topliss-reactive ketones (excluding diaryl/α,β-unsaturated/α-hetero) is 1. The maximum absolute atomic E-state index is 12.6. The van der Waals surface area contributed by atoms with Crippen LogP contribution in [0.25, 0.3) is 11.3 Å². The summed E-state index contributed by atoms with van der Waals surface area (Å²) in [6.07, 6.45) is 3.36. The summed E-state index contributed by atoms with van der Waals surface area (Å²) in [5.74, 6) is 0.734. The van der Waals surface area contributed by atoms with Crippen molar-refractivity contribution in [1.29, 1.82) is 0 Å². The van der Waals surface area contributed by atoms with Gasteiger partial charge in [0.15, 0.2) is 11.5 Å². The molecular weight excluding hydrogens is 350 g/mol. The molecule has 1 aliphatic carbocycles. The van der Waals surface area contributed by atoms with Gasteiger partial charge in [-0.25, -0.2) is 0 Å². The molecule has 1 aliphatic rings. The van der Waals surface area contributed by atoms with Gasteiger partial charge in [0.25, 0.3) is 5.91 Å². The molecule has 0 atom stereocenters. The van der Waals surface area contributed by atoms with Crippen LogP contribution in [0.2, 0.25) is 0 Å². The molecule has 4 rings (SSSR count). The number of nitrogens with one attached hydrogen (secondary N) is 1. The van der Waals surface area contributed by atoms with Crippen molar-refractivity contribution < 1.29 is 14.0 Å². The molecule has 3 aromatic rings. The van der Waals surface area contributed by atoms with Crippen LogP contribution in [-0.4, -0.2) is 18.2 Å². The summed E-state index contributed by atoms with van der Waals surface area (Å²) in [5.41, 5.74) is 2.81. The summed E-state index contributed by atoms with van der Waals surface area (Å²) < 4.78 is 5.76. The number of ketones is 1. The van der Waals surface area contributed by atoms with E-state index in [9.17, 15) is 9.59 Å². The molecule has 0 spiro atoms.